The second-order valence-electron chi connectivity index (χ2n) is 4.18. The van der Waals surface area contributed by atoms with Crippen molar-refractivity contribution < 1.29 is 9.36 Å². The number of primary amides is 1. The van der Waals surface area contributed by atoms with Gasteiger partial charge in [0.2, 0.25) is 0 Å². The first-order valence-electron chi connectivity index (χ1n) is 5.60. The van der Waals surface area contributed by atoms with Crippen LogP contribution in [0, 0.1) is 6.92 Å². The predicted molar refractivity (Wildman–Crippen MR) is 73.1 cm³/mol. The first kappa shape index (κ1) is 12.8. The number of halogens is 1. The lowest BCUT2D eigenvalue weighted by molar-refractivity contribution is -0.694. The van der Waals surface area contributed by atoms with E-state index in [0.717, 1.165) is 16.7 Å². The van der Waals surface area contributed by atoms with Gasteiger partial charge in [0.05, 0.1) is 0 Å². The van der Waals surface area contributed by atoms with Gasteiger partial charge in [-0.2, -0.15) is 4.57 Å². The van der Waals surface area contributed by atoms with Crippen LogP contribution in [0.2, 0.25) is 0 Å². The van der Waals surface area contributed by atoms with E-state index in [2.05, 4.69) is 15.9 Å². The highest BCUT2D eigenvalue weighted by Gasteiger charge is 2.11. The number of hydrogen-bond acceptors (Lipinski definition) is 1. The Hall–Kier alpha value is -1.68. The summed E-state index contributed by atoms with van der Waals surface area (Å²) in [5.74, 6) is -0.403. The van der Waals surface area contributed by atoms with Crippen molar-refractivity contribution in [3.63, 3.8) is 0 Å². The second-order valence-corrected chi connectivity index (χ2v) is 5.09. The van der Waals surface area contributed by atoms with Crippen LogP contribution in [0.1, 0.15) is 21.6 Å². The monoisotopic (exact) mass is 305 g/mol. The van der Waals surface area contributed by atoms with E-state index < -0.39 is 5.91 Å². The van der Waals surface area contributed by atoms with Gasteiger partial charge in [0, 0.05) is 23.0 Å². The number of nitrogens with zero attached hydrogens (tertiary/aromatic N) is 1. The zero-order chi connectivity index (χ0) is 13.1. The molecule has 0 bridgehead atoms. The van der Waals surface area contributed by atoms with E-state index in [0.29, 0.717) is 5.56 Å². The van der Waals surface area contributed by atoms with Gasteiger partial charge in [-0.15, -0.1) is 0 Å². The van der Waals surface area contributed by atoms with Gasteiger partial charge < -0.3 is 5.73 Å². The Labute approximate surface area is 114 Å². The number of pyridine rings is 1. The lowest BCUT2D eigenvalue weighted by Crippen LogP contribution is -2.38. The number of aromatic nitrogens is 1. The van der Waals surface area contributed by atoms with Crippen molar-refractivity contribution in [2.45, 2.75) is 13.5 Å². The van der Waals surface area contributed by atoms with Gasteiger partial charge in [-0.05, 0) is 18.2 Å². The largest absolute Gasteiger partial charge is 0.365 e. The van der Waals surface area contributed by atoms with E-state index in [1.54, 1.807) is 12.3 Å². The number of rotatable bonds is 3. The smallest absolute Gasteiger partial charge is 0.254 e. The Morgan fingerprint density at radius 3 is 2.50 bits per heavy atom. The molecule has 0 aliphatic heterocycles. The molecule has 1 aromatic heterocycles. The highest BCUT2D eigenvalue weighted by molar-refractivity contribution is 9.10. The Balaban J connectivity index is 2.30. The van der Waals surface area contributed by atoms with E-state index in [1.165, 1.54) is 5.56 Å². The van der Waals surface area contributed by atoms with Crippen LogP contribution in [-0.2, 0) is 6.54 Å². The maximum absolute atomic E-state index is 11.2. The molecule has 1 heterocycles. The van der Waals surface area contributed by atoms with Crippen molar-refractivity contribution in [3.8, 4) is 0 Å². The van der Waals surface area contributed by atoms with Crippen LogP contribution >= 0.6 is 15.9 Å². The van der Waals surface area contributed by atoms with Gasteiger partial charge in [0.15, 0.2) is 18.4 Å². The zero-order valence-corrected chi connectivity index (χ0v) is 11.6. The SMILES string of the molecule is Cc1ccc(C(N)=O)c[n+]1Cc1ccc(Br)cc1. The normalized spacial score (nSPS) is 10.3. The molecule has 0 aliphatic rings. The average Bonchev–Trinajstić information content (AvgIpc) is 2.34. The lowest BCUT2D eigenvalue weighted by atomic mass is 10.2. The average molecular weight is 306 g/mol. The summed E-state index contributed by atoms with van der Waals surface area (Å²) in [4.78, 5) is 11.2. The van der Waals surface area contributed by atoms with E-state index in [4.69, 9.17) is 5.73 Å². The molecule has 0 aliphatic carbocycles. The number of amides is 1. The van der Waals surface area contributed by atoms with E-state index >= 15 is 0 Å². The van der Waals surface area contributed by atoms with Crippen LogP contribution in [0.15, 0.2) is 47.1 Å². The molecule has 0 atom stereocenters. The molecule has 92 valence electrons. The third kappa shape index (κ3) is 2.96. The number of aryl methyl sites for hydroxylation is 1. The van der Waals surface area contributed by atoms with Gasteiger partial charge in [-0.25, -0.2) is 0 Å². The minimum Gasteiger partial charge on any atom is -0.365 e. The highest BCUT2D eigenvalue weighted by atomic mass is 79.9. The number of carbonyl (C=O) groups is 1. The molecule has 4 heteroatoms. The van der Waals surface area contributed by atoms with Crippen molar-refractivity contribution in [2.75, 3.05) is 0 Å². The Morgan fingerprint density at radius 2 is 1.89 bits per heavy atom. The molecular weight excluding hydrogens is 292 g/mol. The third-order valence-electron chi connectivity index (χ3n) is 2.80. The molecule has 1 amide bonds. The van der Waals surface area contributed by atoms with Crippen LogP contribution in [0.3, 0.4) is 0 Å². The van der Waals surface area contributed by atoms with Crippen LogP contribution in [-0.4, -0.2) is 5.91 Å². The summed E-state index contributed by atoms with van der Waals surface area (Å²) in [6, 6.07) is 11.8. The maximum atomic E-state index is 11.2. The topological polar surface area (TPSA) is 47.0 Å². The Bertz CT molecular complexity index is 579. The van der Waals surface area contributed by atoms with Gasteiger partial charge in [-0.1, -0.05) is 28.1 Å². The Morgan fingerprint density at radius 1 is 1.22 bits per heavy atom. The molecule has 18 heavy (non-hydrogen) atoms. The van der Waals surface area contributed by atoms with Crippen molar-refractivity contribution >= 4 is 21.8 Å². The lowest BCUT2D eigenvalue weighted by Gasteiger charge is -2.02. The number of nitrogens with two attached hydrogens (primary N) is 1. The zero-order valence-electron chi connectivity index (χ0n) is 10.1. The fourth-order valence-corrected chi connectivity index (χ4v) is 1.99. The number of hydrogen-bond donors (Lipinski definition) is 1. The molecule has 2 aromatic rings. The fourth-order valence-electron chi connectivity index (χ4n) is 1.72. The molecule has 0 fully saturated rings. The van der Waals surface area contributed by atoms with Crippen molar-refractivity contribution in [2.24, 2.45) is 5.73 Å². The standard InChI is InChI=1S/C14H13BrN2O/c1-10-2-5-12(14(16)18)9-17(10)8-11-3-6-13(15)7-4-11/h2-7,9H,8H2,1H3,(H-,16,18)/p+1. The molecule has 1 aromatic carbocycles. The number of benzene rings is 1. The number of carbonyl (C=O) groups excluding carboxylic acids is 1. The van der Waals surface area contributed by atoms with Gasteiger partial charge in [0.1, 0.15) is 5.56 Å². The molecule has 3 nitrogen and oxygen atoms in total. The Kier molecular flexibility index (Phi) is 3.77. The van der Waals surface area contributed by atoms with Crippen molar-refractivity contribution in [3.05, 3.63) is 63.9 Å². The minimum absolute atomic E-state index is 0.403. The van der Waals surface area contributed by atoms with Gasteiger partial charge in [-0.3, -0.25) is 4.79 Å². The summed E-state index contributed by atoms with van der Waals surface area (Å²) in [5.41, 5.74) is 8.07. The molecule has 2 rings (SSSR count). The summed E-state index contributed by atoms with van der Waals surface area (Å²) in [5, 5.41) is 0. The third-order valence-corrected chi connectivity index (χ3v) is 3.33. The molecule has 0 saturated heterocycles. The quantitative estimate of drug-likeness (QED) is 0.868. The van der Waals surface area contributed by atoms with E-state index in [-0.39, 0.29) is 0 Å². The van der Waals surface area contributed by atoms with Crippen LogP contribution in [0.25, 0.3) is 0 Å². The van der Waals surface area contributed by atoms with E-state index in [9.17, 15) is 4.79 Å². The van der Waals surface area contributed by atoms with Crippen LogP contribution < -0.4 is 10.3 Å². The predicted octanol–water partition coefficient (Wildman–Crippen LogP) is 2.19. The maximum Gasteiger partial charge on any atom is 0.254 e. The minimum atomic E-state index is -0.403. The fraction of sp³-hybridized carbons (Fsp3) is 0.143. The van der Waals surface area contributed by atoms with Gasteiger partial charge in [0.25, 0.3) is 5.91 Å². The molecule has 0 saturated carbocycles. The van der Waals surface area contributed by atoms with E-state index in [1.807, 2.05) is 41.8 Å². The van der Waals surface area contributed by atoms with Crippen LogP contribution in [0.4, 0.5) is 0 Å². The van der Waals surface area contributed by atoms with Crippen LogP contribution in [0.5, 0.6) is 0 Å². The summed E-state index contributed by atoms with van der Waals surface area (Å²) < 4.78 is 3.07. The second kappa shape index (κ2) is 5.31. The summed E-state index contributed by atoms with van der Waals surface area (Å²) >= 11 is 3.41. The van der Waals surface area contributed by atoms with Gasteiger partial charge >= 0.3 is 0 Å². The molecule has 0 spiro atoms. The summed E-state index contributed by atoms with van der Waals surface area (Å²) in [6.07, 6.45) is 1.79. The molecule has 0 radical (unpaired) electrons. The first-order chi connectivity index (χ1) is 8.56. The first-order valence-corrected chi connectivity index (χ1v) is 6.40. The molecule has 0 unspecified atom stereocenters. The van der Waals surface area contributed by atoms with Crippen molar-refractivity contribution in [1.82, 2.24) is 0 Å². The summed E-state index contributed by atoms with van der Waals surface area (Å²) in [6.45, 7) is 2.73. The summed E-state index contributed by atoms with van der Waals surface area (Å²) in [7, 11) is 0. The molecule has 2 N–H and O–H groups in total. The molecular formula is C14H14BrN2O+. The van der Waals surface area contributed by atoms with Crippen molar-refractivity contribution in [1.29, 1.82) is 0 Å². The highest BCUT2D eigenvalue weighted by Crippen LogP contribution is 2.10.